The lowest BCUT2D eigenvalue weighted by Crippen LogP contribution is -2.35. The summed E-state index contributed by atoms with van der Waals surface area (Å²) in [6, 6.07) is 3.71. The maximum atomic E-state index is 10.2. The van der Waals surface area contributed by atoms with E-state index in [1.54, 1.807) is 6.92 Å². The second-order valence-corrected chi connectivity index (χ2v) is 5.04. The Morgan fingerprint density at radius 2 is 2.12 bits per heavy atom. The summed E-state index contributed by atoms with van der Waals surface area (Å²) in [6.07, 6.45) is 1.12. The second-order valence-electron chi connectivity index (χ2n) is 5.04. The van der Waals surface area contributed by atoms with Crippen molar-refractivity contribution in [1.29, 1.82) is 0 Å². The Labute approximate surface area is 97.9 Å². The van der Waals surface area contributed by atoms with Crippen molar-refractivity contribution >= 4 is 0 Å². The van der Waals surface area contributed by atoms with Gasteiger partial charge in [0.25, 0.3) is 0 Å². The van der Waals surface area contributed by atoms with Gasteiger partial charge < -0.3 is 14.8 Å². The van der Waals surface area contributed by atoms with Crippen molar-refractivity contribution in [3.8, 4) is 0 Å². The number of nitrogens with one attached hydrogen (secondary N) is 1. The molecule has 1 heterocycles. The number of rotatable bonds is 6. The van der Waals surface area contributed by atoms with Gasteiger partial charge in [0.15, 0.2) is 0 Å². The fourth-order valence-electron chi connectivity index (χ4n) is 1.53. The molecule has 0 saturated carbocycles. The van der Waals surface area contributed by atoms with Crippen molar-refractivity contribution in [3.63, 3.8) is 0 Å². The van der Waals surface area contributed by atoms with Crippen LogP contribution in [0.3, 0.4) is 0 Å². The van der Waals surface area contributed by atoms with Gasteiger partial charge in [-0.3, -0.25) is 0 Å². The molecule has 0 aliphatic rings. The normalized spacial score (nSPS) is 15.4. The third-order valence-electron chi connectivity index (χ3n) is 2.64. The maximum Gasteiger partial charge on any atom is 0.136 e. The van der Waals surface area contributed by atoms with Gasteiger partial charge in [-0.1, -0.05) is 13.8 Å². The topological polar surface area (TPSA) is 45.4 Å². The molecule has 0 radical (unpaired) electrons. The maximum absolute atomic E-state index is 10.2. The minimum atomic E-state index is -0.925. The number of hydrogen-bond donors (Lipinski definition) is 2. The highest BCUT2D eigenvalue weighted by atomic mass is 16.4. The van der Waals surface area contributed by atoms with E-state index in [1.807, 2.05) is 19.1 Å². The van der Waals surface area contributed by atoms with Crippen LogP contribution in [-0.2, 0) is 5.60 Å². The van der Waals surface area contributed by atoms with Crippen LogP contribution in [0.15, 0.2) is 16.5 Å². The van der Waals surface area contributed by atoms with Gasteiger partial charge in [-0.2, -0.15) is 0 Å². The monoisotopic (exact) mass is 225 g/mol. The Hall–Kier alpha value is -0.800. The van der Waals surface area contributed by atoms with E-state index in [1.165, 1.54) is 0 Å². The summed E-state index contributed by atoms with van der Waals surface area (Å²) in [5, 5.41) is 13.5. The number of aryl methyl sites for hydroxylation is 1. The van der Waals surface area contributed by atoms with Crippen LogP contribution in [0.2, 0.25) is 0 Å². The van der Waals surface area contributed by atoms with E-state index in [-0.39, 0.29) is 0 Å². The fourth-order valence-corrected chi connectivity index (χ4v) is 1.53. The predicted octanol–water partition coefficient (Wildman–Crippen LogP) is 2.43. The summed E-state index contributed by atoms with van der Waals surface area (Å²) in [5.41, 5.74) is -0.925. The van der Waals surface area contributed by atoms with Gasteiger partial charge in [0.1, 0.15) is 17.1 Å². The lowest BCUT2D eigenvalue weighted by molar-refractivity contribution is 0.0335. The van der Waals surface area contributed by atoms with Gasteiger partial charge in [0.2, 0.25) is 0 Å². The van der Waals surface area contributed by atoms with Gasteiger partial charge in [-0.15, -0.1) is 0 Å². The van der Waals surface area contributed by atoms with Gasteiger partial charge in [-0.05, 0) is 44.9 Å². The van der Waals surface area contributed by atoms with E-state index >= 15 is 0 Å². The lowest BCUT2D eigenvalue weighted by atomic mass is 10.0. The first-order valence-corrected chi connectivity index (χ1v) is 5.92. The average Bonchev–Trinajstić information content (AvgIpc) is 2.60. The number of furan rings is 1. The molecule has 0 aliphatic heterocycles. The van der Waals surface area contributed by atoms with Crippen LogP contribution in [0.4, 0.5) is 0 Å². The Bertz CT molecular complexity index is 315. The molecule has 0 aliphatic carbocycles. The Balaban J connectivity index is 2.40. The van der Waals surface area contributed by atoms with Gasteiger partial charge in [-0.25, -0.2) is 0 Å². The molecule has 1 aromatic rings. The minimum absolute atomic E-state index is 0.521. The molecule has 1 unspecified atom stereocenters. The van der Waals surface area contributed by atoms with E-state index in [2.05, 4.69) is 19.2 Å². The molecule has 0 saturated heterocycles. The molecule has 1 atom stereocenters. The first kappa shape index (κ1) is 13.3. The van der Waals surface area contributed by atoms with Crippen LogP contribution < -0.4 is 5.32 Å². The van der Waals surface area contributed by atoms with Crippen molar-refractivity contribution in [2.24, 2.45) is 5.92 Å². The Morgan fingerprint density at radius 3 is 2.62 bits per heavy atom. The van der Waals surface area contributed by atoms with Crippen molar-refractivity contribution in [2.75, 3.05) is 13.1 Å². The van der Waals surface area contributed by atoms with Crippen molar-refractivity contribution < 1.29 is 9.52 Å². The number of aliphatic hydroxyl groups is 1. The SMILES string of the molecule is Cc1ccc(C(C)(O)CNCCC(C)C)o1. The van der Waals surface area contributed by atoms with Gasteiger partial charge in [0.05, 0.1) is 0 Å². The summed E-state index contributed by atoms with van der Waals surface area (Å²) < 4.78 is 5.44. The smallest absolute Gasteiger partial charge is 0.136 e. The molecule has 1 rings (SSSR count). The van der Waals surface area contributed by atoms with Crippen molar-refractivity contribution in [3.05, 3.63) is 23.7 Å². The highest BCUT2D eigenvalue weighted by molar-refractivity contribution is 5.12. The fraction of sp³-hybridized carbons (Fsp3) is 0.692. The largest absolute Gasteiger partial charge is 0.463 e. The molecule has 3 nitrogen and oxygen atoms in total. The van der Waals surface area contributed by atoms with Crippen molar-refractivity contribution in [2.45, 2.75) is 39.7 Å². The molecule has 0 fully saturated rings. The molecule has 16 heavy (non-hydrogen) atoms. The number of hydrogen-bond acceptors (Lipinski definition) is 3. The van der Waals surface area contributed by atoms with Crippen LogP contribution in [0.5, 0.6) is 0 Å². The van der Waals surface area contributed by atoms with Crippen LogP contribution in [-0.4, -0.2) is 18.2 Å². The van der Waals surface area contributed by atoms with Crippen LogP contribution in [0.25, 0.3) is 0 Å². The molecule has 0 amide bonds. The third kappa shape index (κ3) is 3.99. The zero-order valence-corrected chi connectivity index (χ0v) is 10.7. The molecule has 0 aromatic carbocycles. The van der Waals surface area contributed by atoms with E-state index in [0.717, 1.165) is 18.7 Å². The highest BCUT2D eigenvalue weighted by Gasteiger charge is 2.25. The zero-order chi connectivity index (χ0) is 12.2. The molecular weight excluding hydrogens is 202 g/mol. The summed E-state index contributed by atoms with van der Waals surface area (Å²) in [7, 11) is 0. The lowest BCUT2D eigenvalue weighted by Gasteiger charge is -2.21. The average molecular weight is 225 g/mol. The molecule has 0 bridgehead atoms. The molecular formula is C13H23NO2. The first-order chi connectivity index (χ1) is 7.42. The highest BCUT2D eigenvalue weighted by Crippen LogP contribution is 2.21. The van der Waals surface area contributed by atoms with Gasteiger partial charge in [0, 0.05) is 6.54 Å². The van der Waals surface area contributed by atoms with Crippen LogP contribution in [0.1, 0.15) is 38.7 Å². The molecule has 3 heteroatoms. The van der Waals surface area contributed by atoms with Crippen LogP contribution >= 0.6 is 0 Å². The van der Waals surface area contributed by atoms with E-state index < -0.39 is 5.60 Å². The predicted molar refractivity (Wildman–Crippen MR) is 65.3 cm³/mol. The standard InChI is InChI=1S/C13H23NO2/c1-10(2)7-8-14-9-13(4,15)12-6-5-11(3)16-12/h5-6,10,14-15H,7-9H2,1-4H3. The summed E-state index contributed by atoms with van der Waals surface area (Å²) in [6.45, 7) is 9.48. The minimum Gasteiger partial charge on any atom is -0.463 e. The van der Waals surface area contributed by atoms with Crippen LogP contribution in [0, 0.1) is 12.8 Å². The summed E-state index contributed by atoms with van der Waals surface area (Å²) >= 11 is 0. The molecule has 92 valence electrons. The molecule has 2 N–H and O–H groups in total. The first-order valence-electron chi connectivity index (χ1n) is 5.92. The van der Waals surface area contributed by atoms with E-state index in [4.69, 9.17) is 4.42 Å². The molecule has 0 spiro atoms. The Kier molecular flexibility index (Phi) is 4.56. The Morgan fingerprint density at radius 1 is 1.44 bits per heavy atom. The molecule has 1 aromatic heterocycles. The zero-order valence-electron chi connectivity index (χ0n) is 10.7. The van der Waals surface area contributed by atoms with Gasteiger partial charge >= 0.3 is 0 Å². The second kappa shape index (κ2) is 5.51. The quantitative estimate of drug-likeness (QED) is 0.731. The van der Waals surface area contributed by atoms with E-state index in [9.17, 15) is 5.11 Å². The van der Waals surface area contributed by atoms with E-state index in [0.29, 0.717) is 18.2 Å². The van der Waals surface area contributed by atoms with Crippen molar-refractivity contribution in [1.82, 2.24) is 5.32 Å². The summed E-state index contributed by atoms with van der Waals surface area (Å²) in [5.74, 6) is 2.14. The third-order valence-corrected chi connectivity index (χ3v) is 2.64. The summed E-state index contributed by atoms with van der Waals surface area (Å²) in [4.78, 5) is 0.